The molecule has 0 aliphatic rings. The van der Waals surface area contributed by atoms with E-state index in [1.54, 1.807) is 12.3 Å². The first-order chi connectivity index (χ1) is 9.08. The number of hydrogen-bond donors (Lipinski definition) is 2. The number of rotatable bonds is 4. The van der Waals surface area contributed by atoms with Gasteiger partial charge in [0.2, 0.25) is 0 Å². The van der Waals surface area contributed by atoms with Gasteiger partial charge < -0.3 is 10.4 Å². The van der Waals surface area contributed by atoms with Crippen molar-refractivity contribution < 1.29 is 5.11 Å². The number of hydrogen-bond acceptors (Lipinski definition) is 3. The molecule has 3 nitrogen and oxygen atoms in total. The third kappa shape index (κ3) is 3.32. The highest BCUT2D eigenvalue weighted by molar-refractivity contribution is 5.37. The molecule has 2 N–H and O–H groups in total. The second-order valence-corrected chi connectivity index (χ2v) is 4.93. The Kier molecular flexibility index (Phi) is 4.17. The Morgan fingerprint density at radius 1 is 1.26 bits per heavy atom. The van der Waals surface area contributed by atoms with Gasteiger partial charge in [-0.05, 0) is 38.5 Å². The van der Waals surface area contributed by atoms with Crippen LogP contribution in [-0.2, 0) is 6.54 Å². The minimum atomic E-state index is 0.0845. The molecule has 1 aromatic carbocycles. The lowest BCUT2D eigenvalue weighted by Gasteiger charge is -2.16. The van der Waals surface area contributed by atoms with Gasteiger partial charge in [-0.1, -0.05) is 23.8 Å². The second kappa shape index (κ2) is 5.85. The highest BCUT2D eigenvalue weighted by Gasteiger charge is 2.10. The van der Waals surface area contributed by atoms with E-state index in [-0.39, 0.29) is 6.04 Å². The van der Waals surface area contributed by atoms with Crippen LogP contribution in [0.15, 0.2) is 36.5 Å². The van der Waals surface area contributed by atoms with Crippen molar-refractivity contribution in [2.45, 2.75) is 33.4 Å². The number of phenols is 1. The standard InChI is InChI=1S/C16H20N2O/c1-11-6-7-16(19)14(9-11)13(3)18-10-15-12(2)5-4-8-17-15/h4-9,13,18-19H,10H2,1-3H3. The van der Waals surface area contributed by atoms with E-state index in [1.807, 2.05) is 32.0 Å². The first-order valence-corrected chi connectivity index (χ1v) is 6.51. The fourth-order valence-corrected chi connectivity index (χ4v) is 2.08. The first kappa shape index (κ1) is 13.6. The van der Waals surface area contributed by atoms with Gasteiger partial charge >= 0.3 is 0 Å². The molecule has 2 rings (SSSR count). The minimum absolute atomic E-state index is 0.0845. The fraction of sp³-hybridized carbons (Fsp3) is 0.312. The van der Waals surface area contributed by atoms with E-state index in [0.29, 0.717) is 12.3 Å². The number of aromatic hydroxyl groups is 1. The second-order valence-electron chi connectivity index (χ2n) is 4.93. The van der Waals surface area contributed by atoms with Crippen LogP contribution in [0.3, 0.4) is 0 Å². The summed E-state index contributed by atoms with van der Waals surface area (Å²) in [6, 6.07) is 9.75. The number of nitrogens with zero attached hydrogens (tertiary/aromatic N) is 1. The van der Waals surface area contributed by atoms with E-state index < -0.39 is 0 Å². The van der Waals surface area contributed by atoms with E-state index in [9.17, 15) is 5.11 Å². The van der Waals surface area contributed by atoms with Crippen LogP contribution in [-0.4, -0.2) is 10.1 Å². The average molecular weight is 256 g/mol. The van der Waals surface area contributed by atoms with E-state index >= 15 is 0 Å². The van der Waals surface area contributed by atoms with Crippen molar-refractivity contribution in [3.05, 3.63) is 58.9 Å². The summed E-state index contributed by atoms with van der Waals surface area (Å²) in [5, 5.41) is 13.3. The summed E-state index contributed by atoms with van der Waals surface area (Å²) in [6.07, 6.45) is 1.80. The van der Waals surface area contributed by atoms with E-state index in [2.05, 4.69) is 23.3 Å². The van der Waals surface area contributed by atoms with Crippen molar-refractivity contribution in [1.29, 1.82) is 0 Å². The van der Waals surface area contributed by atoms with Gasteiger partial charge in [-0.3, -0.25) is 4.98 Å². The van der Waals surface area contributed by atoms with Crippen LogP contribution in [0.5, 0.6) is 5.75 Å². The monoisotopic (exact) mass is 256 g/mol. The molecular formula is C16H20N2O. The van der Waals surface area contributed by atoms with Crippen molar-refractivity contribution in [3.63, 3.8) is 0 Å². The molecule has 0 radical (unpaired) electrons. The molecule has 3 heteroatoms. The van der Waals surface area contributed by atoms with E-state index in [4.69, 9.17) is 0 Å². The van der Waals surface area contributed by atoms with Gasteiger partial charge in [-0.2, -0.15) is 0 Å². The Bertz CT molecular complexity index is 566. The third-order valence-electron chi connectivity index (χ3n) is 3.34. The maximum Gasteiger partial charge on any atom is 0.120 e. The Balaban J connectivity index is 2.07. The number of nitrogens with one attached hydrogen (secondary N) is 1. The van der Waals surface area contributed by atoms with E-state index in [0.717, 1.165) is 16.8 Å². The Labute approximate surface area is 114 Å². The van der Waals surface area contributed by atoms with E-state index in [1.165, 1.54) is 5.56 Å². The smallest absolute Gasteiger partial charge is 0.120 e. The summed E-state index contributed by atoms with van der Waals surface area (Å²) in [7, 11) is 0. The van der Waals surface area contributed by atoms with Gasteiger partial charge in [-0.25, -0.2) is 0 Å². The van der Waals surface area contributed by atoms with Gasteiger partial charge in [0.05, 0.1) is 5.69 Å². The molecule has 0 aliphatic heterocycles. The van der Waals surface area contributed by atoms with Gasteiger partial charge in [0.25, 0.3) is 0 Å². The number of pyridine rings is 1. The van der Waals surface area contributed by atoms with Gasteiger partial charge in [0.1, 0.15) is 5.75 Å². The highest BCUT2D eigenvalue weighted by atomic mass is 16.3. The third-order valence-corrected chi connectivity index (χ3v) is 3.34. The lowest BCUT2D eigenvalue weighted by molar-refractivity contribution is 0.451. The molecule has 0 saturated heterocycles. The van der Waals surface area contributed by atoms with Crippen molar-refractivity contribution in [1.82, 2.24) is 10.3 Å². The summed E-state index contributed by atoms with van der Waals surface area (Å²) in [5.74, 6) is 0.336. The molecule has 19 heavy (non-hydrogen) atoms. The fourth-order valence-electron chi connectivity index (χ4n) is 2.08. The topological polar surface area (TPSA) is 45.1 Å². The summed E-state index contributed by atoms with van der Waals surface area (Å²) in [4.78, 5) is 4.36. The zero-order chi connectivity index (χ0) is 13.8. The summed E-state index contributed by atoms with van der Waals surface area (Å²) in [5.41, 5.74) is 4.29. The molecule has 0 amide bonds. The summed E-state index contributed by atoms with van der Waals surface area (Å²) < 4.78 is 0. The molecular weight excluding hydrogens is 236 g/mol. The largest absolute Gasteiger partial charge is 0.508 e. The average Bonchev–Trinajstić information content (AvgIpc) is 2.40. The van der Waals surface area contributed by atoms with Gasteiger partial charge in [0.15, 0.2) is 0 Å². The van der Waals surface area contributed by atoms with Crippen LogP contribution in [0, 0.1) is 13.8 Å². The van der Waals surface area contributed by atoms with Crippen LogP contribution < -0.4 is 5.32 Å². The number of benzene rings is 1. The molecule has 0 fully saturated rings. The molecule has 0 aliphatic carbocycles. The molecule has 2 aromatic rings. The molecule has 1 unspecified atom stereocenters. The molecule has 0 bridgehead atoms. The zero-order valence-corrected chi connectivity index (χ0v) is 11.6. The van der Waals surface area contributed by atoms with Crippen LogP contribution in [0.1, 0.15) is 35.3 Å². The lowest BCUT2D eigenvalue weighted by atomic mass is 10.0. The van der Waals surface area contributed by atoms with Crippen molar-refractivity contribution in [3.8, 4) is 5.75 Å². The minimum Gasteiger partial charge on any atom is -0.508 e. The Morgan fingerprint density at radius 3 is 2.79 bits per heavy atom. The Morgan fingerprint density at radius 2 is 2.05 bits per heavy atom. The normalized spacial score (nSPS) is 12.4. The molecule has 0 saturated carbocycles. The number of aryl methyl sites for hydroxylation is 2. The Hall–Kier alpha value is -1.87. The van der Waals surface area contributed by atoms with Crippen LogP contribution in [0.2, 0.25) is 0 Å². The molecule has 1 atom stereocenters. The molecule has 0 spiro atoms. The maximum atomic E-state index is 9.90. The number of phenolic OH excluding ortho intramolecular Hbond substituents is 1. The SMILES string of the molecule is Cc1ccc(O)c(C(C)NCc2ncccc2C)c1. The maximum absolute atomic E-state index is 9.90. The van der Waals surface area contributed by atoms with Gasteiger partial charge in [0, 0.05) is 24.3 Å². The first-order valence-electron chi connectivity index (χ1n) is 6.51. The molecule has 1 aromatic heterocycles. The van der Waals surface area contributed by atoms with Crippen molar-refractivity contribution in [2.24, 2.45) is 0 Å². The summed E-state index contributed by atoms with van der Waals surface area (Å²) >= 11 is 0. The predicted molar refractivity (Wildman–Crippen MR) is 77.1 cm³/mol. The molecule has 1 heterocycles. The van der Waals surface area contributed by atoms with Gasteiger partial charge in [-0.15, -0.1) is 0 Å². The van der Waals surface area contributed by atoms with Crippen molar-refractivity contribution in [2.75, 3.05) is 0 Å². The quantitative estimate of drug-likeness (QED) is 0.882. The van der Waals surface area contributed by atoms with Crippen LogP contribution >= 0.6 is 0 Å². The lowest BCUT2D eigenvalue weighted by Crippen LogP contribution is -2.19. The predicted octanol–water partition coefficient (Wildman–Crippen LogP) is 3.25. The van der Waals surface area contributed by atoms with Crippen LogP contribution in [0.25, 0.3) is 0 Å². The molecule has 100 valence electrons. The zero-order valence-electron chi connectivity index (χ0n) is 11.6. The number of aromatic nitrogens is 1. The van der Waals surface area contributed by atoms with Crippen LogP contribution in [0.4, 0.5) is 0 Å². The van der Waals surface area contributed by atoms with Crippen molar-refractivity contribution >= 4 is 0 Å². The summed E-state index contributed by atoms with van der Waals surface area (Å²) in [6.45, 7) is 6.82. The highest BCUT2D eigenvalue weighted by Crippen LogP contribution is 2.25.